The number of nitrogens with zero attached hydrogens (tertiary/aromatic N) is 5. The van der Waals surface area contributed by atoms with Crippen LogP contribution in [0.5, 0.6) is 0 Å². The molecule has 19 heteroatoms. The third-order valence-electron chi connectivity index (χ3n) is 43.4. The lowest BCUT2D eigenvalue weighted by molar-refractivity contribution is -0.201. The fraction of sp³-hybridized carbons (Fsp3) is 1.00. The molecule has 0 aromatic carbocycles. The molecule has 18 nitrogen and oxygen atoms in total. The highest BCUT2D eigenvalue weighted by Gasteiger charge is 2.67. The summed E-state index contributed by atoms with van der Waals surface area (Å²) >= 11 is 0. The molecule has 20 fully saturated rings. The van der Waals surface area contributed by atoms with Gasteiger partial charge in [0.15, 0.2) is 0 Å². The predicted octanol–water partition coefficient (Wildman–Crippen LogP) is 17.5. The van der Waals surface area contributed by atoms with Crippen LogP contribution in [0.2, 0.25) is 0 Å². The lowest BCUT2D eigenvalue weighted by Gasteiger charge is -2.62. The van der Waals surface area contributed by atoms with Gasteiger partial charge in [0.1, 0.15) is 9.84 Å². The zero-order valence-corrected chi connectivity index (χ0v) is 89.8. The van der Waals surface area contributed by atoms with Crippen molar-refractivity contribution >= 4 is 9.84 Å². The highest BCUT2D eigenvalue weighted by Crippen LogP contribution is 2.67. The number of aliphatic hydroxyl groups is 9. The minimum Gasteiger partial charge on any atom is -0.392 e. The zero-order valence-electron chi connectivity index (χ0n) is 89.0. The number of rotatable bonds is 11. The molecule has 4 bridgehead atoms. The van der Waals surface area contributed by atoms with Gasteiger partial charge in [-0.05, 0) is 437 Å². The minimum absolute atomic E-state index is 0.00120. The fourth-order valence-corrected chi connectivity index (χ4v) is 34.3. The van der Waals surface area contributed by atoms with E-state index in [0.717, 1.165) is 49.3 Å². The smallest absolute Gasteiger partial charge is 0.150 e. The van der Waals surface area contributed by atoms with Crippen LogP contribution in [-0.4, -0.2) is 271 Å². The second-order valence-electron chi connectivity index (χ2n) is 53.9. The predicted molar refractivity (Wildman–Crippen MR) is 539 cm³/mol. The Bertz CT molecular complexity index is 3530. The van der Waals surface area contributed by atoms with Gasteiger partial charge < -0.3 is 81.1 Å². The Labute approximate surface area is 803 Å². The van der Waals surface area contributed by atoms with E-state index in [9.17, 15) is 54.4 Å². The first-order valence-corrected chi connectivity index (χ1v) is 57.3. The number of fused-ring (bicyclic) bond motifs is 2. The van der Waals surface area contributed by atoms with E-state index in [2.05, 4.69) is 209 Å². The summed E-state index contributed by atoms with van der Waals surface area (Å²) in [7, 11) is 12.3. The summed E-state index contributed by atoms with van der Waals surface area (Å²) in [5.41, 5.74) is 2.44. The summed E-state index contributed by atoms with van der Waals surface area (Å²) in [4.78, 5) is 12.1. The van der Waals surface area contributed by atoms with Crippen LogP contribution in [0.25, 0.3) is 0 Å². The molecular weight excluding hydrogens is 1650 g/mol. The molecule has 7 saturated heterocycles. The van der Waals surface area contributed by atoms with E-state index in [0.29, 0.717) is 169 Å². The molecule has 131 heavy (non-hydrogen) atoms. The van der Waals surface area contributed by atoms with Crippen molar-refractivity contribution in [2.45, 2.75) is 423 Å². The molecule has 0 amide bonds. The molecular formula is C112H209N7O11S. The average molecular weight is 1860 g/mol. The molecule has 9 spiro atoms. The van der Waals surface area contributed by atoms with Gasteiger partial charge in [-0.25, -0.2) is 8.42 Å². The van der Waals surface area contributed by atoms with Crippen LogP contribution in [0.4, 0.5) is 0 Å². The monoisotopic (exact) mass is 1860 g/mol. The first-order valence-electron chi connectivity index (χ1n) is 55.5. The number of likely N-dealkylation sites (tertiary alicyclic amines) is 4. The second kappa shape index (κ2) is 43.5. The van der Waals surface area contributed by atoms with E-state index < -0.39 is 9.84 Å². The van der Waals surface area contributed by atoms with Crippen molar-refractivity contribution in [2.75, 3.05) is 113 Å². The van der Waals surface area contributed by atoms with Gasteiger partial charge in [0, 0.05) is 61.2 Å². The van der Waals surface area contributed by atoms with Gasteiger partial charge in [-0.2, -0.15) is 0 Å². The molecule has 20 aliphatic rings. The Balaban J connectivity index is 0.000000133. The Morgan fingerprint density at radius 1 is 0.275 bits per heavy atom. The van der Waals surface area contributed by atoms with E-state index >= 15 is 0 Å². The van der Waals surface area contributed by atoms with Crippen LogP contribution in [0.15, 0.2) is 0 Å². The zero-order chi connectivity index (χ0) is 96.3. The maximum Gasteiger partial charge on any atom is 0.150 e. The maximum absolute atomic E-state index is 11.3. The highest BCUT2D eigenvalue weighted by atomic mass is 32.2. The van der Waals surface area contributed by atoms with E-state index in [1.165, 1.54) is 232 Å². The van der Waals surface area contributed by atoms with Gasteiger partial charge in [0.05, 0.1) is 66.4 Å². The molecule has 764 valence electrons. The van der Waals surface area contributed by atoms with Crippen LogP contribution < -0.4 is 10.6 Å². The summed E-state index contributed by atoms with van der Waals surface area (Å²) in [6.07, 6.45) is 39.9. The first kappa shape index (κ1) is 109. The fourth-order valence-electron chi connectivity index (χ4n) is 32.7. The molecule has 0 radical (unpaired) electrons. The topological polar surface area (TPSA) is 256 Å². The van der Waals surface area contributed by atoms with E-state index in [1.54, 1.807) is 0 Å². The third kappa shape index (κ3) is 22.3. The molecule has 7 heterocycles. The van der Waals surface area contributed by atoms with Crippen LogP contribution in [0, 0.1) is 173 Å². The maximum atomic E-state index is 11.3. The van der Waals surface area contributed by atoms with Crippen LogP contribution in [0.1, 0.15) is 343 Å². The number of sulfone groups is 1. The highest BCUT2D eigenvalue weighted by molar-refractivity contribution is 7.91. The molecule has 13 aliphatic carbocycles. The standard InChI is InChI=1S/2C14H25NO.2C13H25NO.C13H24O.2C12H23NO.C11H20O3S.C10H19NO/c1-9(2)12-6-14(13(12)16)10-4-5-11(14)8-15(3)7-10;1-9(2)12-8-14(13(12)16)6-10-4-5-11(7-14)15(10)3;1-9(2)11-8-13(12(11)15)6-4-10(14-3)5-7-13;1-10(2)11-4-5-13(12(11)15)6-8-14(3)9-7-13;1-9(2)11-8-13(12(11)14)6-4-10(3)5-7-13;1-9(2)10-8-12(11(10)14)4-6-13(3)7-5-12;1-8(2)10-4-5-12(11(10)14)6-9(7-12)13-3;1-8(2)9-7-11(10(9)12)3-5-15(13,14)6-4-11;1-7(2)8-4-10(9(8)12)5-11(3)6-10/h2*9-13,16H,4-8H2,1-3H3;9-12,14-15H,4-8H2,1-3H3;10-12,15H,4-9H2,1-3H3;9-12,14H,4-8H2,1-3H3;9-11,14H,4-8H2,1-3H3;8-11,13-14H,4-7H2,1-3H3;8-10,12H,3-7H2,1-2H3;7-9,12H,4-6H2,1-3H3/t;;10?,11?,12-,13?;;;;;;/m..1....../s1. The molecule has 21 unspecified atom stereocenters. The molecule has 0 aromatic heterocycles. The van der Waals surface area contributed by atoms with Gasteiger partial charge in [0.25, 0.3) is 0 Å². The van der Waals surface area contributed by atoms with Crippen LogP contribution in [-0.2, 0) is 9.84 Å². The van der Waals surface area contributed by atoms with Gasteiger partial charge in [-0.15, -0.1) is 0 Å². The van der Waals surface area contributed by atoms with Crippen molar-refractivity contribution in [3.63, 3.8) is 0 Å². The Morgan fingerprint density at radius 2 is 0.565 bits per heavy atom. The van der Waals surface area contributed by atoms with Gasteiger partial charge in [-0.1, -0.05) is 144 Å². The number of hydrogen-bond donors (Lipinski definition) is 11. The largest absolute Gasteiger partial charge is 0.392 e. The summed E-state index contributed by atoms with van der Waals surface area (Å²) in [5, 5.41) is 99.4. The average Bonchev–Trinajstić information content (AvgIpc) is 1.52. The van der Waals surface area contributed by atoms with Crippen molar-refractivity contribution < 1.29 is 54.4 Å². The van der Waals surface area contributed by atoms with E-state index in [4.69, 9.17) is 0 Å². The second-order valence-corrected chi connectivity index (χ2v) is 56.2. The minimum atomic E-state index is -2.80. The number of aliphatic hydroxyl groups excluding tert-OH is 9. The quantitative estimate of drug-likeness (QED) is 0.0919. The number of hydrogen-bond acceptors (Lipinski definition) is 18. The van der Waals surface area contributed by atoms with Crippen molar-refractivity contribution in [3.05, 3.63) is 0 Å². The van der Waals surface area contributed by atoms with Gasteiger partial charge in [0.2, 0.25) is 0 Å². The van der Waals surface area contributed by atoms with Gasteiger partial charge in [-0.3, -0.25) is 0 Å². The first-order chi connectivity index (χ1) is 61.3. The SMILES string of the molecule is CC(C)C1CC2(C3CCC2CN(C)C3)C1O.CC(C)C1CC2(CC3CCC(C2)N3C)C1O.CC(C)C1CC2(CCN(C)CC2)C1O.CC(C)C1CC2(CCS(=O)(=O)CC2)C1O.CC(C)C1CC2(CN(C)C2)C1O.CC(C)C1CCC2(CCN(C)CC2)C1O.CC1CCC2(CC1)CC(C(C)C)C2O.CNC1CC2(CCC(C(C)C)C2O)C1.CNC1CCC2(CC1)CC(C(C)C)[C@H]2O. The van der Waals surface area contributed by atoms with Crippen molar-refractivity contribution in [2.24, 2.45) is 173 Å². The van der Waals surface area contributed by atoms with Gasteiger partial charge >= 0.3 is 0 Å². The summed E-state index contributed by atoms with van der Waals surface area (Å²) in [6.45, 7) is 51.8. The van der Waals surface area contributed by atoms with E-state index in [-0.39, 0.29) is 77.3 Å². The van der Waals surface area contributed by atoms with Crippen molar-refractivity contribution in [3.8, 4) is 0 Å². The number of piperidine rings is 4. The molecule has 13 saturated carbocycles. The lowest BCUT2D eigenvalue weighted by Crippen LogP contribution is -2.69. The summed E-state index contributed by atoms with van der Waals surface area (Å²) in [5.74, 6) is 13.6. The molecule has 7 aliphatic heterocycles. The Kier molecular flexibility index (Phi) is 36.2. The molecule has 22 atom stereocenters. The molecule has 11 N–H and O–H groups in total. The van der Waals surface area contributed by atoms with Crippen molar-refractivity contribution in [1.82, 2.24) is 35.1 Å². The summed E-state index contributed by atoms with van der Waals surface area (Å²) in [6, 6.07) is 2.89. The Hall–Kier alpha value is -0.690. The normalized spacial score (nSPS) is 43.3. The lowest BCUT2D eigenvalue weighted by atomic mass is 9.48. The third-order valence-corrected chi connectivity index (χ3v) is 45.0. The van der Waals surface area contributed by atoms with Crippen LogP contribution in [0.3, 0.4) is 0 Å². The van der Waals surface area contributed by atoms with Crippen LogP contribution >= 0.6 is 0 Å². The molecule has 20 rings (SSSR count). The Morgan fingerprint density at radius 3 is 0.893 bits per heavy atom. The number of nitrogens with one attached hydrogen (secondary N) is 2. The molecule has 0 aromatic rings. The summed E-state index contributed by atoms with van der Waals surface area (Å²) < 4.78 is 22.6. The van der Waals surface area contributed by atoms with E-state index in [1.807, 2.05) is 7.05 Å². The van der Waals surface area contributed by atoms with Crippen molar-refractivity contribution in [1.29, 1.82) is 0 Å².